The number of nitrogens with zero attached hydrogens (tertiary/aromatic N) is 1. The van der Waals surface area contributed by atoms with Crippen molar-refractivity contribution in [2.24, 2.45) is 11.0 Å². The summed E-state index contributed by atoms with van der Waals surface area (Å²) < 4.78 is 11.8. The largest absolute Gasteiger partial charge is 0.493 e. The first-order chi connectivity index (χ1) is 14.9. The molecular formula is C23H28BrN3O4. The molecule has 0 bridgehead atoms. The smallest absolute Gasteiger partial charge is 0.262 e. The number of hydrogen-bond acceptors (Lipinski definition) is 5. The van der Waals surface area contributed by atoms with Crippen LogP contribution in [-0.2, 0) is 4.79 Å². The molecule has 0 spiro atoms. The molecule has 8 heteroatoms. The average Bonchev–Trinajstić information content (AvgIpc) is 2.76. The normalized spacial score (nSPS) is 11.9. The van der Waals surface area contributed by atoms with Crippen molar-refractivity contribution in [1.29, 1.82) is 0 Å². The van der Waals surface area contributed by atoms with Crippen LogP contribution in [0, 0.1) is 5.92 Å². The van der Waals surface area contributed by atoms with E-state index in [9.17, 15) is 9.59 Å². The van der Waals surface area contributed by atoms with E-state index in [1.165, 1.54) is 6.21 Å². The summed E-state index contributed by atoms with van der Waals surface area (Å²) in [5.41, 5.74) is 3.71. The second-order valence-electron chi connectivity index (χ2n) is 7.18. The van der Waals surface area contributed by atoms with Crippen molar-refractivity contribution < 1.29 is 19.1 Å². The summed E-state index contributed by atoms with van der Waals surface area (Å²) in [5, 5.41) is 6.81. The standard InChI is InChI=1S/C23H28BrN3O4/c1-5-11-31-21-18(24)12-16(13-19(21)30-4)14-25-27-23(29)20(15(2)3)26-22(28)17-9-7-6-8-10-17/h6-10,12-15,20H,5,11H2,1-4H3,(H,26,28)(H,27,29). The van der Waals surface area contributed by atoms with Gasteiger partial charge >= 0.3 is 0 Å². The maximum Gasteiger partial charge on any atom is 0.262 e. The van der Waals surface area contributed by atoms with Crippen molar-refractivity contribution in [3.05, 3.63) is 58.1 Å². The minimum absolute atomic E-state index is 0.118. The van der Waals surface area contributed by atoms with Gasteiger partial charge in [-0.15, -0.1) is 0 Å². The van der Waals surface area contributed by atoms with E-state index in [2.05, 4.69) is 31.8 Å². The first-order valence-corrected chi connectivity index (χ1v) is 10.9. The molecule has 2 N–H and O–H groups in total. The summed E-state index contributed by atoms with van der Waals surface area (Å²) in [7, 11) is 1.56. The van der Waals surface area contributed by atoms with E-state index in [1.807, 2.05) is 32.9 Å². The summed E-state index contributed by atoms with van der Waals surface area (Å²) in [6.07, 6.45) is 2.38. The van der Waals surface area contributed by atoms with Crippen molar-refractivity contribution in [3.8, 4) is 11.5 Å². The summed E-state index contributed by atoms with van der Waals surface area (Å²) in [6.45, 7) is 6.31. The second kappa shape index (κ2) is 12.1. The van der Waals surface area contributed by atoms with Crippen molar-refractivity contribution in [2.45, 2.75) is 33.2 Å². The predicted molar refractivity (Wildman–Crippen MR) is 125 cm³/mol. The highest BCUT2D eigenvalue weighted by molar-refractivity contribution is 9.10. The Morgan fingerprint density at radius 3 is 2.52 bits per heavy atom. The molecule has 0 aromatic heterocycles. The van der Waals surface area contributed by atoms with Gasteiger partial charge in [0.2, 0.25) is 0 Å². The molecule has 2 rings (SSSR count). The fourth-order valence-electron chi connectivity index (χ4n) is 2.75. The zero-order valence-corrected chi connectivity index (χ0v) is 19.7. The van der Waals surface area contributed by atoms with Gasteiger partial charge in [-0.3, -0.25) is 9.59 Å². The number of hydrazone groups is 1. The lowest BCUT2D eigenvalue weighted by Crippen LogP contribution is -2.48. The van der Waals surface area contributed by atoms with Gasteiger partial charge in [0, 0.05) is 5.56 Å². The molecule has 0 saturated heterocycles. The number of amides is 2. The molecule has 0 aliphatic rings. The van der Waals surface area contributed by atoms with E-state index in [0.717, 1.165) is 10.9 Å². The van der Waals surface area contributed by atoms with Gasteiger partial charge in [0.15, 0.2) is 11.5 Å². The third-order valence-corrected chi connectivity index (χ3v) is 4.95. The Morgan fingerprint density at radius 1 is 1.19 bits per heavy atom. The topological polar surface area (TPSA) is 89.0 Å². The molecule has 0 saturated carbocycles. The molecule has 1 atom stereocenters. The number of hydrogen-bond donors (Lipinski definition) is 2. The zero-order valence-electron chi connectivity index (χ0n) is 18.1. The van der Waals surface area contributed by atoms with Crippen LogP contribution < -0.4 is 20.2 Å². The van der Waals surface area contributed by atoms with Crippen molar-refractivity contribution in [3.63, 3.8) is 0 Å². The van der Waals surface area contributed by atoms with E-state index in [1.54, 1.807) is 37.4 Å². The summed E-state index contributed by atoms with van der Waals surface area (Å²) in [6, 6.07) is 11.6. The van der Waals surface area contributed by atoms with Gasteiger partial charge in [0.25, 0.3) is 11.8 Å². The molecule has 0 heterocycles. The van der Waals surface area contributed by atoms with Gasteiger partial charge in [0.05, 0.1) is 24.4 Å². The van der Waals surface area contributed by atoms with Gasteiger partial charge in [-0.05, 0) is 58.1 Å². The SMILES string of the molecule is CCCOc1c(Br)cc(C=NNC(=O)C(NC(=O)c2ccccc2)C(C)C)cc1OC. The fraction of sp³-hybridized carbons (Fsp3) is 0.348. The van der Waals surface area contributed by atoms with Gasteiger partial charge in [-0.25, -0.2) is 5.43 Å². The van der Waals surface area contributed by atoms with Crippen LogP contribution in [0.3, 0.4) is 0 Å². The first-order valence-electron chi connectivity index (χ1n) is 10.1. The van der Waals surface area contributed by atoms with Gasteiger partial charge in [0.1, 0.15) is 6.04 Å². The first kappa shape index (κ1) is 24.4. The van der Waals surface area contributed by atoms with Crippen molar-refractivity contribution in [2.75, 3.05) is 13.7 Å². The van der Waals surface area contributed by atoms with Gasteiger partial charge in [-0.1, -0.05) is 39.0 Å². The number of benzene rings is 2. The van der Waals surface area contributed by atoms with Crippen LogP contribution in [0.5, 0.6) is 11.5 Å². The monoisotopic (exact) mass is 489 g/mol. The Morgan fingerprint density at radius 2 is 1.90 bits per heavy atom. The van der Waals surface area contributed by atoms with Crippen LogP contribution in [-0.4, -0.2) is 37.8 Å². The van der Waals surface area contributed by atoms with E-state index in [4.69, 9.17) is 9.47 Å². The predicted octanol–water partition coefficient (Wildman–Crippen LogP) is 4.15. The van der Waals surface area contributed by atoms with Crippen LogP contribution in [0.1, 0.15) is 43.1 Å². The zero-order chi connectivity index (χ0) is 22.8. The molecule has 0 aliphatic heterocycles. The molecule has 0 radical (unpaired) electrons. The maximum absolute atomic E-state index is 12.6. The molecule has 166 valence electrons. The molecule has 7 nitrogen and oxygen atoms in total. The lowest BCUT2D eigenvalue weighted by atomic mass is 10.0. The van der Waals surface area contributed by atoms with Gasteiger partial charge in [-0.2, -0.15) is 5.10 Å². The molecule has 0 fully saturated rings. The van der Waals surface area contributed by atoms with E-state index in [0.29, 0.717) is 29.2 Å². The minimum atomic E-state index is -0.726. The lowest BCUT2D eigenvalue weighted by molar-refractivity contribution is -0.123. The second-order valence-corrected chi connectivity index (χ2v) is 8.03. The van der Waals surface area contributed by atoms with Crippen LogP contribution in [0.25, 0.3) is 0 Å². The molecular weight excluding hydrogens is 462 g/mol. The Balaban J connectivity index is 2.06. The third kappa shape index (κ3) is 7.10. The number of halogens is 1. The highest BCUT2D eigenvalue weighted by atomic mass is 79.9. The highest BCUT2D eigenvalue weighted by Crippen LogP contribution is 2.36. The van der Waals surface area contributed by atoms with Crippen molar-refractivity contribution >= 4 is 34.0 Å². The number of methoxy groups -OCH3 is 1. The van der Waals surface area contributed by atoms with E-state index >= 15 is 0 Å². The van der Waals surface area contributed by atoms with Crippen LogP contribution in [0.15, 0.2) is 52.0 Å². The van der Waals surface area contributed by atoms with Crippen LogP contribution in [0.2, 0.25) is 0 Å². The number of ether oxygens (including phenoxy) is 2. The Hall–Kier alpha value is -2.87. The Bertz CT molecular complexity index is 917. The van der Waals surface area contributed by atoms with Crippen LogP contribution in [0.4, 0.5) is 0 Å². The quantitative estimate of drug-likeness (QED) is 0.387. The number of nitrogens with one attached hydrogen (secondary N) is 2. The number of carbonyl (C=O) groups excluding carboxylic acids is 2. The van der Waals surface area contributed by atoms with E-state index < -0.39 is 11.9 Å². The highest BCUT2D eigenvalue weighted by Gasteiger charge is 2.24. The summed E-state index contributed by atoms with van der Waals surface area (Å²) >= 11 is 3.48. The van der Waals surface area contributed by atoms with Gasteiger partial charge < -0.3 is 14.8 Å². The third-order valence-electron chi connectivity index (χ3n) is 4.36. The average molecular weight is 490 g/mol. The fourth-order valence-corrected chi connectivity index (χ4v) is 3.32. The molecule has 2 amide bonds. The minimum Gasteiger partial charge on any atom is -0.493 e. The lowest BCUT2D eigenvalue weighted by Gasteiger charge is -2.20. The maximum atomic E-state index is 12.6. The Kier molecular flexibility index (Phi) is 9.52. The number of rotatable bonds is 10. The number of carbonyl (C=O) groups is 2. The van der Waals surface area contributed by atoms with Crippen molar-refractivity contribution in [1.82, 2.24) is 10.7 Å². The molecule has 31 heavy (non-hydrogen) atoms. The molecule has 1 unspecified atom stereocenters. The van der Waals surface area contributed by atoms with Crippen LogP contribution >= 0.6 is 15.9 Å². The summed E-state index contributed by atoms with van der Waals surface area (Å²) in [4.78, 5) is 25.0. The molecule has 2 aromatic rings. The molecule has 0 aliphatic carbocycles. The van der Waals surface area contributed by atoms with E-state index in [-0.39, 0.29) is 11.8 Å². The molecule has 2 aromatic carbocycles. The Labute approximate surface area is 191 Å². The summed E-state index contributed by atoms with van der Waals surface area (Å²) in [5.74, 6) is 0.353.